The summed E-state index contributed by atoms with van der Waals surface area (Å²) in [5, 5.41) is 2.87. The molecule has 0 bridgehead atoms. The van der Waals surface area contributed by atoms with Crippen molar-refractivity contribution in [2.75, 3.05) is 31.7 Å². The zero-order valence-corrected chi connectivity index (χ0v) is 15.3. The standard InChI is InChI=1S/C17H22N2O3S2/c1-19(10-15(20)18-13-4-5-13)16(21)11-22-14-6-2-12(3-7-14)17-23-8-9-24-17/h2-3,6-7,13,17H,4-5,8-11H2,1H3,(H,18,20). The van der Waals surface area contributed by atoms with Crippen LogP contribution in [0.3, 0.4) is 0 Å². The maximum atomic E-state index is 12.0. The van der Waals surface area contributed by atoms with Gasteiger partial charge >= 0.3 is 0 Å². The second kappa shape index (κ2) is 8.16. The van der Waals surface area contributed by atoms with E-state index in [0.717, 1.165) is 12.8 Å². The third-order valence-corrected chi connectivity index (χ3v) is 6.99. The molecule has 1 saturated heterocycles. The molecular weight excluding hydrogens is 344 g/mol. The largest absolute Gasteiger partial charge is 0.484 e. The highest BCUT2D eigenvalue weighted by molar-refractivity contribution is 8.19. The third kappa shape index (κ3) is 5.08. The minimum atomic E-state index is -0.202. The molecule has 1 aliphatic carbocycles. The van der Waals surface area contributed by atoms with Gasteiger partial charge in [-0.2, -0.15) is 0 Å². The van der Waals surface area contributed by atoms with Crippen LogP contribution < -0.4 is 10.1 Å². The number of nitrogens with zero attached hydrogens (tertiary/aromatic N) is 1. The summed E-state index contributed by atoms with van der Waals surface area (Å²) in [7, 11) is 1.62. The van der Waals surface area contributed by atoms with Gasteiger partial charge in [0.05, 0.1) is 11.1 Å². The number of nitrogens with one attached hydrogen (secondary N) is 1. The molecule has 7 heteroatoms. The van der Waals surface area contributed by atoms with Crippen LogP contribution in [0, 0.1) is 0 Å². The highest BCUT2D eigenvalue weighted by Crippen LogP contribution is 2.45. The molecule has 1 heterocycles. The van der Waals surface area contributed by atoms with Gasteiger partial charge in [0.25, 0.3) is 5.91 Å². The maximum absolute atomic E-state index is 12.0. The van der Waals surface area contributed by atoms with E-state index in [4.69, 9.17) is 4.74 Å². The van der Waals surface area contributed by atoms with E-state index in [1.165, 1.54) is 22.0 Å². The average Bonchev–Trinajstić information content (AvgIpc) is 3.22. The zero-order chi connectivity index (χ0) is 16.9. The second-order valence-electron chi connectivity index (χ2n) is 6.02. The Morgan fingerprint density at radius 1 is 1.21 bits per heavy atom. The van der Waals surface area contributed by atoms with Crippen molar-refractivity contribution in [2.24, 2.45) is 0 Å². The molecular formula is C17H22N2O3S2. The summed E-state index contributed by atoms with van der Waals surface area (Å²) in [5.41, 5.74) is 1.29. The van der Waals surface area contributed by atoms with Gasteiger partial charge in [0.1, 0.15) is 5.75 Å². The zero-order valence-electron chi connectivity index (χ0n) is 13.7. The summed E-state index contributed by atoms with van der Waals surface area (Å²) < 4.78 is 6.06. The molecule has 2 amide bonds. The Kier molecular flexibility index (Phi) is 5.94. The van der Waals surface area contributed by atoms with E-state index in [1.807, 2.05) is 35.7 Å². The van der Waals surface area contributed by atoms with E-state index in [2.05, 4.69) is 17.4 Å². The Bertz CT molecular complexity index is 584. The molecule has 24 heavy (non-hydrogen) atoms. The molecule has 2 fully saturated rings. The van der Waals surface area contributed by atoms with Crippen molar-refractivity contribution >= 4 is 35.3 Å². The highest BCUT2D eigenvalue weighted by atomic mass is 32.2. The van der Waals surface area contributed by atoms with Gasteiger partial charge in [-0.3, -0.25) is 9.59 Å². The smallest absolute Gasteiger partial charge is 0.260 e. The SMILES string of the molecule is CN(CC(=O)NC1CC1)C(=O)COc1ccc(C2SCCS2)cc1. The molecule has 3 rings (SSSR count). The van der Waals surface area contributed by atoms with Crippen molar-refractivity contribution in [3.05, 3.63) is 29.8 Å². The van der Waals surface area contributed by atoms with Crippen LogP contribution >= 0.6 is 23.5 Å². The summed E-state index contributed by atoms with van der Waals surface area (Å²) in [6.07, 6.45) is 2.08. The molecule has 2 aliphatic rings. The van der Waals surface area contributed by atoms with E-state index in [-0.39, 0.29) is 25.0 Å². The molecule has 130 valence electrons. The number of hydrogen-bond acceptors (Lipinski definition) is 5. The fourth-order valence-corrected chi connectivity index (χ4v) is 5.19. The van der Waals surface area contributed by atoms with Crippen molar-refractivity contribution in [1.29, 1.82) is 0 Å². The number of ether oxygens (including phenoxy) is 1. The first-order chi connectivity index (χ1) is 11.6. The normalized spacial score (nSPS) is 17.5. The number of benzene rings is 1. The van der Waals surface area contributed by atoms with Gasteiger partial charge in [-0.05, 0) is 30.5 Å². The molecule has 0 radical (unpaired) electrons. The van der Waals surface area contributed by atoms with Gasteiger partial charge in [-0.15, -0.1) is 23.5 Å². The van der Waals surface area contributed by atoms with Crippen LogP contribution in [0.25, 0.3) is 0 Å². The average molecular weight is 367 g/mol. The van der Waals surface area contributed by atoms with E-state index < -0.39 is 0 Å². The van der Waals surface area contributed by atoms with Crippen molar-refractivity contribution in [2.45, 2.75) is 23.5 Å². The van der Waals surface area contributed by atoms with Crippen LogP contribution in [0.2, 0.25) is 0 Å². The minimum absolute atomic E-state index is 0.0561. The molecule has 0 aromatic heterocycles. The number of carbonyl (C=O) groups is 2. The summed E-state index contributed by atoms with van der Waals surface area (Å²) >= 11 is 3.92. The van der Waals surface area contributed by atoms with E-state index in [9.17, 15) is 9.59 Å². The summed E-state index contributed by atoms with van der Waals surface area (Å²) in [6, 6.07) is 8.24. The van der Waals surface area contributed by atoms with Crippen LogP contribution in [0.5, 0.6) is 5.75 Å². The van der Waals surface area contributed by atoms with E-state index in [0.29, 0.717) is 16.4 Å². The molecule has 1 N–H and O–H groups in total. The molecule has 0 unspecified atom stereocenters. The van der Waals surface area contributed by atoms with Crippen molar-refractivity contribution in [1.82, 2.24) is 10.2 Å². The molecule has 1 aromatic carbocycles. The van der Waals surface area contributed by atoms with E-state index in [1.54, 1.807) is 7.05 Å². The van der Waals surface area contributed by atoms with Crippen LogP contribution in [0.1, 0.15) is 23.0 Å². The lowest BCUT2D eigenvalue weighted by atomic mass is 10.2. The number of carbonyl (C=O) groups excluding carboxylic acids is 2. The number of amides is 2. The predicted octanol–water partition coefficient (Wildman–Crippen LogP) is 2.28. The summed E-state index contributed by atoms with van der Waals surface area (Å²) in [5.74, 6) is 2.76. The minimum Gasteiger partial charge on any atom is -0.484 e. The predicted molar refractivity (Wildman–Crippen MR) is 98.4 cm³/mol. The topological polar surface area (TPSA) is 58.6 Å². The van der Waals surface area contributed by atoms with Gasteiger partial charge in [-0.25, -0.2) is 0 Å². The molecule has 0 atom stereocenters. The number of hydrogen-bond donors (Lipinski definition) is 1. The van der Waals surface area contributed by atoms with Crippen LogP contribution in [-0.2, 0) is 9.59 Å². The fourth-order valence-electron chi connectivity index (χ4n) is 2.33. The lowest BCUT2D eigenvalue weighted by molar-refractivity contribution is -0.136. The van der Waals surface area contributed by atoms with Crippen LogP contribution in [-0.4, -0.2) is 54.5 Å². The van der Waals surface area contributed by atoms with Crippen LogP contribution in [0.15, 0.2) is 24.3 Å². The van der Waals surface area contributed by atoms with Gasteiger partial charge in [0, 0.05) is 24.6 Å². The van der Waals surface area contributed by atoms with Crippen molar-refractivity contribution in [3.63, 3.8) is 0 Å². The first-order valence-corrected chi connectivity index (χ1v) is 10.2. The summed E-state index contributed by atoms with van der Waals surface area (Å²) in [6.45, 7) is 0.0211. The Balaban J connectivity index is 1.42. The van der Waals surface area contributed by atoms with Gasteiger partial charge in [0.2, 0.25) is 5.91 Å². The Morgan fingerprint density at radius 3 is 2.50 bits per heavy atom. The number of rotatable bonds is 7. The molecule has 1 saturated carbocycles. The first-order valence-electron chi connectivity index (χ1n) is 8.11. The first kappa shape index (κ1) is 17.5. The molecule has 5 nitrogen and oxygen atoms in total. The number of thioether (sulfide) groups is 2. The van der Waals surface area contributed by atoms with Gasteiger partial charge in [-0.1, -0.05) is 12.1 Å². The Labute approximate surface area is 150 Å². The molecule has 0 spiro atoms. The van der Waals surface area contributed by atoms with Gasteiger partial charge in [0.15, 0.2) is 6.61 Å². The Hall–Kier alpha value is -1.34. The van der Waals surface area contributed by atoms with E-state index >= 15 is 0 Å². The molecule has 1 aromatic rings. The third-order valence-electron chi connectivity index (χ3n) is 3.89. The molecule has 1 aliphatic heterocycles. The summed E-state index contributed by atoms with van der Waals surface area (Å²) in [4.78, 5) is 25.1. The number of likely N-dealkylation sites (N-methyl/N-ethyl adjacent to an activating group) is 1. The fraction of sp³-hybridized carbons (Fsp3) is 0.529. The van der Waals surface area contributed by atoms with Gasteiger partial charge < -0.3 is 15.0 Å². The van der Waals surface area contributed by atoms with Crippen molar-refractivity contribution in [3.8, 4) is 5.75 Å². The second-order valence-corrected chi connectivity index (χ2v) is 8.75. The quantitative estimate of drug-likeness (QED) is 0.802. The maximum Gasteiger partial charge on any atom is 0.260 e. The van der Waals surface area contributed by atoms with Crippen molar-refractivity contribution < 1.29 is 14.3 Å². The Morgan fingerprint density at radius 2 is 1.88 bits per heavy atom. The highest BCUT2D eigenvalue weighted by Gasteiger charge is 2.24. The lowest BCUT2D eigenvalue weighted by Gasteiger charge is -2.17. The van der Waals surface area contributed by atoms with Crippen LogP contribution in [0.4, 0.5) is 0 Å². The monoisotopic (exact) mass is 366 g/mol. The lowest BCUT2D eigenvalue weighted by Crippen LogP contribution is -2.40.